The van der Waals surface area contributed by atoms with Gasteiger partial charge in [0.15, 0.2) is 5.13 Å². The minimum Gasteiger partial charge on any atom is -0.494 e. The number of rotatable bonds is 8. The molecule has 9 heteroatoms. The second kappa shape index (κ2) is 11.0. The summed E-state index contributed by atoms with van der Waals surface area (Å²) in [5.74, 6) is 0.197. The molecule has 0 aliphatic carbocycles. The molecule has 0 N–H and O–H groups in total. The normalized spacial score (nSPS) is 16.5. The van der Waals surface area contributed by atoms with Crippen molar-refractivity contribution in [2.75, 3.05) is 24.6 Å². The molecule has 1 amide bonds. The van der Waals surface area contributed by atoms with Crippen molar-refractivity contribution in [1.29, 1.82) is 0 Å². The van der Waals surface area contributed by atoms with Gasteiger partial charge >= 0.3 is 0 Å². The van der Waals surface area contributed by atoms with Gasteiger partial charge in [-0.25, -0.2) is 13.4 Å². The fraction of sp³-hybridized carbons (Fsp3) is 0.286. The van der Waals surface area contributed by atoms with Crippen LogP contribution in [0.4, 0.5) is 5.13 Å². The zero-order chi connectivity index (χ0) is 25.8. The second-order valence-electron chi connectivity index (χ2n) is 8.98. The summed E-state index contributed by atoms with van der Waals surface area (Å²) in [5.41, 5.74) is 1.78. The molecule has 1 saturated heterocycles. The molecule has 1 aliphatic rings. The predicted molar refractivity (Wildman–Crippen MR) is 146 cm³/mol. The van der Waals surface area contributed by atoms with E-state index in [0.29, 0.717) is 37.7 Å². The molecule has 7 nitrogen and oxygen atoms in total. The van der Waals surface area contributed by atoms with Crippen LogP contribution in [-0.2, 0) is 21.4 Å². The lowest BCUT2D eigenvalue weighted by atomic mass is 9.98. The van der Waals surface area contributed by atoms with E-state index in [2.05, 4.69) is 0 Å². The Morgan fingerprint density at radius 1 is 1.08 bits per heavy atom. The summed E-state index contributed by atoms with van der Waals surface area (Å²) >= 11 is 1.44. The lowest BCUT2D eigenvalue weighted by Crippen LogP contribution is -2.46. The number of aromatic nitrogens is 1. The van der Waals surface area contributed by atoms with Crippen LogP contribution in [-0.4, -0.2) is 43.3 Å². The predicted octanol–water partition coefficient (Wildman–Crippen LogP) is 5.33. The lowest BCUT2D eigenvalue weighted by Gasteiger charge is -2.33. The van der Waals surface area contributed by atoms with E-state index in [4.69, 9.17) is 9.72 Å². The van der Waals surface area contributed by atoms with E-state index in [1.54, 1.807) is 35.2 Å². The maximum Gasteiger partial charge on any atom is 0.243 e. The monoisotopic (exact) mass is 535 g/mol. The van der Waals surface area contributed by atoms with Gasteiger partial charge in [-0.1, -0.05) is 59.9 Å². The van der Waals surface area contributed by atoms with Gasteiger partial charge in [-0.3, -0.25) is 9.69 Å². The standard InChI is InChI=1S/C28H29N3O4S2/c1-2-35-23-15-16-25-26(18-23)36-28(29-25)31(19-21-10-5-3-6-11-21)27(32)22-12-9-17-30(20-22)37(33,34)24-13-7-4-8-14-24/h3-8,10-11,13-16,18,22H,2,9,12,17,19-20H2,1H3. The van der Waals surface area contributed by atoms with Gasteiger partial charge in [0.05, 0.1) is 34.2 Å². The number of anilines is 1. The van der Waals surface area contributed by atoms with Crippen molar-refractivity contribution in [3.63, 3.8) is 0 Å². The number of hydrogen-bond donors (Lipinski definition) is 0. The summed E-state index contributed by atoms with van der Waals surface area (Å²) in [6, 6.07) is 23.9. The van der Waals surface area contributed by atoms with Crippen LogP contribution in [0.15, 0.2) is 83.8 Å². The number of thiazole rings is 1. The molecule has 1 aromatic heterocycles. The molecule has 1 fully saturated rings. The molecule has 0 radical (unpaired) electrons. The van der Waals surface area contributed by atoms with Crippen LogP contribution in [0.25, 0.3) is 10.2 Å². The zero-order valence-electron chi connectivity index (χ0n) is 20.6. The molecule has 0 saturated carbocycles. The highest BCUT2D eigenvalue weighted by molar-refractivity contribution is 7.89. The first-order valence-electron chi connectivity index (χ1n) is 12.4. The van der Waals surface area contributed by atoms with Crippen molar-refractivity contribution in [2.24, 2.45) is 5.92 Å². The number of piperidine rings is 1. The molecule has 0 spiro atoms. The smallest absolute Gasteiger partial charge is 0.243 e. The van der Waals surface area contributed by atoms with Crippen LogP contribution in [0.1, 0.15) is 25.3 Å². The average molecular weight is 536 g/mol. The van der Waals surface area contributed by atoms with Crippen LogP contribution >= 0.6 is 11.3 Å². The van der Waals surface area contributed by atoms with E-state index < -0.39 is 15.9 Å². The van der Waals surface area contributed by atoms with E-state index in [1.165, 1.54) is 15.6 Å². The number of fused-ring (bicyclic) bond motifs is 1. The lowest BCUT2D eigenvalue weighted by molar-refractivity contribution is -0.123. The summed E-state index contributed by atoms with van der Waals surface area (Å²) in [7, 11) is -3.67. The van der Waals surface area contributed by atoms with Gasteiger partial charge in [0.1, 0.15) is 5.75 Å². The number of hydrogen-bond acceptors (Lipinski definition) is 6. The molecule has 4 aromatic rings. The molecule has 1 atom stereocenters. The van der Waals surface area contributed by atoms with Crippen LogP contribution in [0.3, 0.4) is 0 Å². The van der Waals surface area contributed by atoms with Crippen LogP contribution < -0.4 is 9.64 Å². The van der Waals surface area contributed by atoms with Gasteiger partial charge in [0.2, 0.25) is 15.9 Å². The number of benzene rings is 3. The van der Waals surface area contributed by atoms with Gasteiger partial charge in [0.25, 0.3) is 0 Å². The van der Waals surface area contributed by atoms with Gasteiger partial charge in [-0.2, -0.15) is 4.31 Å². The van der Waals surface area contributed by atoms with Crippen LogP contribution in [0.2, 0.25) is 0 Å². The summed E-state index contributed by atoms with van der Waals surface area (Å²) < 4.78 is 34.6. The Balaban J connectivity index is 1.45. The first-order chi connectivity index (χ1) is 18.0. The number of nitrogens with zero attached hydrogens (tertiary/aromatic N) is 3. The third-order valence-electron chi connectivity index (χ3n) is 6.45. The van der Waals surface area contributed by atoms with E-state index >= 15 is 0 Å². The van der Waals surface area contributed by atoms with Crippen LogP contribution in [0, 0.1) is 5.92 Å². The fourth-order valence-electron chi connectivity index (χ4n) is 4.59. The highest BCUT2D eigenvalue weighted by atomic mass is 32.2. The molecule has 192 valence electrons. The molecular formula is C28H29N3O4S2. The summed E-state index contributed by atoms with van der Waals surface area (Å²) in [6.45, 7) is 3.43. The number of carbonyl (C=O) groups excluding carboxylic acids is 1. The molecule has 1 aliphatic heterocycles. The van der Waals surface area contributed by atoms with Crippen LogP contribution in [0.5, 0.6) is 5.75 Å². The van der Waals surface area contributed by atoms with Crippen molar-refractivity contribution < 1.29 is 17.9 Å². The molecule has 2 heterocycles. The number of amides is 1. The van der Waals surface area contributed by atoms with Gasteiger partial charge in [-0.15, -0.1) is 0 Å². The van der Waals surface area contributed by atoms with Gasteiger partial charge in [-0.05, 0) is 55.7 Å². The Hall–Kier alpha value is -3.27. The fourth-order valence-corrected chi connectivity index (χ4v) is 7.14. The quantitative estimate of drug-likeness (QED) is 0.305. The largest absolute Gasteiger partial charge is 0.494 e. The first-order valence-corrected chi connectivity index (χ1v) is 14.7. The highest BCUT2D eigenvalue weighted by Gasteiger charge is 2.36. The van der Waals surface area contributed by atoms with Crippen molar-refractivity contribution >= 4 is 42.6 Å². The van der Waals surface area contributed by atoms with Crippen molar-refractivity contribution in [1.82, 2.24) is 9.29 Å². The minimum atomic E-state index is -3.67. The maximum atomic E-state index is 14.0. The van der Waals surface area contributed by atoms with E-state index in [-0.39, 0.29) is 17.3 Å². The van der Waals surface area contributed by atoms with Gasteiger partial charge < -0.3 is 4.74 Å². The molecule has 1 unspecified atom stereocenters. The molecular weight excluding hydrogens is 506 g/mol. The Morgan fingerprint density at radius 3 is 2.54 bits per heavy atom. The summed E-state index contributed by atoms with van der Waals surface area (Å²) in [6.07, 6.45) is 1.25. The third-order valence-corrected chi connectivity index (χ3v) is 9.37. The Kier molecular flexibility index (Phi) is 7.55. The SMILES string of the molecule is CCOc1ccc2nc(N(Cc3ccccc3)C(=O)C3CCCN(S(=O)(=O)c4ccccc4)C3)sc2c1. The molecule has 37 heavy (non-hydrogen) atoms. The minimum absolute atomic E-state index is 0.110. The third kappa shape index (κ3) is 5.53. The summed E-state index contributed by atoms with van der Waals surface area (Å²) in [4.78, 5) is 20.7. The maximum absolute atomic E-state index is 14.0. The summed E-state index contributed by atoms with van der Waals surface area (Å²) in [5, 5.41) is 0.598. The molecule has 5 rings (SSSR count). The molecule has 0 bridgehead atoms. The number of sulfonamides is 1. The topological polar surface area (TPSA) is 79.8 Å². The number of ether oxygens (including phenoxy) is 1. The number of carbonyl (C=O) groups is 1. The average Bonchev–Trinajstić information content (AvgIpc) is 3.36. The Morgan fingerprint density at radius 2 is 1.81 bits per heavy atom. The van der Waals surface area contributed by atoms with Crippen molar-refractivity contribution in [2.45, 2.75) is 31.2 Å². The second-order valence-corrected chi connectivity index (χ2v) is 11.9. The highest BCUT2D eigenvalue weighted by Crippen LogP contribution is 2.34. The zero-order valence-corrected chi connectivity index (χ0v) is 22.2. The molecule has 3 aromatic carbocycles. The first kappa shape index (κ1) is 25.4. The Labute approximate surface area is 221 Å². The van der Waals surface area contributed by atoms with Crippen molar-refractivity contribution in [3.8, 4) is 5.75 Å². The van der Waals surface area contributed by atoms with E-state index in [9.17, 15) is 13.2 Å². The van der Waals surface area contributed by atoms with Gasteiger partial charge in [0, 0.05) is 13.1 Å². The van der Waals surface area contributed by atoms with E-state index in [0.717, 1.165) is 21.5 Å². The Bertz CT molecular complexity index is 1470. The van der Waals surface area contributed by atoms with E-state index in [1.807, 2.05) is 55.5 Å². The van der Waals surface area contributed by atoms with Crippen molar-refractivity contribution in [3.05, 3.63) is 84.4 Å².